The minimum Gasteiger partial charge on any atom is -0.275 e. The lowest BCUT2D eigenvalue weighted by atomic mass is 10.3. The highest BCUT2D eigenvalue weighted by Crippen LogP contribution is 2.29. The molecule has 0 aliphatic heterocycles. The summed E-state index contributed by atoms with van der Waals surface area (Å²) >= 11 is 14.6. The second-order valence-corrected chi connectivity index (χ2v) is 6.98. The van der Waals surface area contributed by atoms with Crippen molar-refractivity contribution in [1.82, 2.24) is 4.98 Å². The van der Waals surface area contributed by atoms with Gasteiger partial charge in [-0.05, 0) is 34.1 Å². The number of aromatic nitrogens is 1. The first-order valence-electron chi connectivity index (χ1n) is 5.09. The third kappa shape index (κ3) is 3.22. The number of hydrogen-bond donors (Lipinski definition) is 1. The molecule has 9 heteroatoms. The SMILES string of the molecule is O=S(=O)(Nc1c(F)cccc1Cl)c1cc(Br)cnc1Cl. The lowest BCUT2D eigenvalue weighted by molar-refractivity contribution is 0.598. The molecule has 1 aromatic carbocycles. The molecule has 0 aliphatic carbocycles. The van der Waals surface area contributed by atoms with E-state index in [0.29, 0.717) is 4.47 Å². The van der Waals surface area contributed by atoms with Gasteiger partial charge in [0.25, 0.3) is 10.0 Å². The number of nitrogens with one attached hydrogen (secondary N) is 1. The Morgan fingerprint density at radius 1 is 1.30 bits per heavy atom. The maximum atomic E-state index is 13.6. The van der Waals surface area contributed by atoms with Crippen molar-refractivity contribution >= 4 is 54.8 Å². The van der Waals surface area contributed by atoms with E-state index in [4.69, 9.17) is 23.2 Å². The molecule has 0 amide bonds. The average Bonchev–Trinajstić information content (AvgIpc) is 2.37. The number of pyridine rings is 1. The van der Waals surface area contributed by atoms with Crippen LogP contribution in [-0.4, -0.2) is 13.4 Å². The van der Waals surface area contributed by atoms with Crippen molar-refractivity contribution in [3.8, 4) is 0 Å². The first-order chi connectivity index (χ1) is 9.31. The van der Waals surface area contributed by atoms with Gasteiger partial charge >= 0.3 is 0 Å². The molecule has 2 aromatic rings. The monoisotopic (exact) mass is 398 g/mol. The maximum Gasteiger partial charge on any atom is 0.265 e. The largest absolute Gasteiger partial charge is 0.275 e. The third-order valence-corrected chi connectivity index (χ3v) is 4.79. The van der Waals surface area contributed by atoms with Crippen LogP contribution in [0.4, 0.5) is 10.1 Å². The molecule has 1 heterocycles. The molecule has 4 nitrogen and oxygen atoms in total. The molecule has 0 saturated heterocycles. The van der Waals surface area contributed by atoms with Crippen molar-refractivity contribution in [2.45, 2.75) is 4.90 Å². The van der Waals surface area contributed by atoms with Gasteiger partial charge in [-0.1, -0.05) is 29.3 Å². The molecule has 20 heavy (non-hydrogen) atoms. The molecule has 0 radical (unpaired) electrons. The van der Waals surface area contributed by atoms with Crippen molar-refractivity contribution in [2.75, 3.05) is 4.72 Å². The Morgan fingerprint density at radius 2 is 2.00 bits per heavy atom. The summed E-state index contributed by atoms with van der Waals surface area (Å²) in [5, 5.41) is -0.291. The fraction of sp³-hybridized carbons (Fsp3) is 0. The molecule has 0 bridgehead atoms. The van der Waals surface area contributed by atoms with Crippen LogP contribution in [0.15, 0.2) is 39.8 Å². The lowest BCUT2D eigenvalue weighted by Gasteiger charge is -2.11. The van der Waals surface area contributed by atoms with E-state index in [2.05, 4.69) is 25.6 Å². The second kappa shape index (κ2) is 5.85. The molecule has 2 rings (SSSR count). The summed E-state index contributed by atoms with van der Waals surface area (Å²) in [6.45, 7) is 0. The minimum absolute atomic E-state index is 0.0624. The average molecular weight is 400 g/mol. The van der Waals surface area contributed by atoms with E-state index in [1.165, 1.54) is 24.4 Å². The van der Waals surface area contributed by atoms with E-state index in [9.17, 15) is 12.8 Å². The van der Waals surface area contributed by atoms with Gasteiger partial charge < -0.3 is 0 Å². The fourth-order valence-electron chi connectivity index (χ4n) is 1.38. The summed E-state index contributed by atoms with van der Waals surface area (Å²) in [5.41, 5.74) is -0.342. The van der Waals surface area contributed by atoms with Gasteiger partial charge in [0, 0.05) is 10.7 Å². The first kappa shape index (κ1) is 15.5. The molecule has 106 valence electrons. The van der Waals surface area contributed by atoms with Crippen molar-refractivity contribution in [2.24, 2.45) is 0 Å². The highest BCUT2D eigenvalue weighted by atomic mass is 79.9. The number of sulfonamides is 1. The van der Waals surface area contributed by atoms with Gasteiger partial charge in [-0.2, -0.15) is 0 Å². The predicted molar refractivity (Wildman–Crippen MR) is 79.2 cm³/mol. The Hall–Kier alpha value is -0.890. The van der Waals surface area contributed by atoms with Crippen LogP contribution in [0.2, 0.25) is 10.2 Å². The summed E-state index contributed by atoms with van der Waals surface area (Å²) in [5.74, 6) is -0.792. The van der Waals surface area contributed by atoms with E-state index in [0.717, 1.165) is 6.07 Å². The van der Waals surface area contributed by atoms with E-state index >= 15 is 0 Å². The fourth-order valence-corrected chi connectivity index (χ4v) is 3.68. The van der Waals surface area contributed by atoms with Crippen LogP contribution in [0.5, 0.6) is 0 Å². The lowest BCUT2D eigenvalue weighted by Crippen LogP contribution is -2.15. The number of hydrogen-bond acceptors (Lipinski definition) is 3. The normalized spacial score (nSPS) is 11.4. The molecule has 0 aliphatic rings. The molecule has 0 saturated carbocycles. The van der Waals surface area contributed by atoms with Crippen molar-refractivity contribution in [3.05, 3.63) is 50.9 Å². The molecule has 0 spiro atoms. The number of benzene rings is 1. The van der Waals surface area contributed by atoms with Gasteiger partial charge in [-0.3, -0.25) is 4.72 Å². The van der Waals surface area contributed by atoms with Gasteiger partial charge in [-0.15, -0.1) is 0 Å². The van der Waals surface area contributed by atoms with Crippen LogP contribution in [0.3, 0.4) is 0 Å². The number of para-hydroxylation sites is 1. The quantitative estimate of drug-likeness (QED) is 0.790. The van der Waals surface area contributed by atoms with Crippen LogP contribution >= 0.6 is 39.1 Å². The van der Waals surface area contributed by atoms with Gasteiger partial charge in [0.15, 0.2) is 0 Å². The summed E-state index contributed by atoms with van der Waals surface area (Å²) in [7, 11) is -4.11. The van der Waals surface area contributed by atoms with Crippen molar-refractivity contribution < 1.29 is 12.8 Å². The van der Waals surface area contributed by atoms with Crippen LogP contribution in [0.25, 0.3) is 0 Å². The Balaban J connectivity index is 2.49. The summed E-state index contributed by atoms with van der Waals surface area (Å²) in [6, 6.07) is 5.07. The third-order valence-electron chi connectivity index (χ3n) is 2.26. The maximum absolute atomic E-state index is 13.6. The van der Waals surface area contributed by atoms with Gasteiger partial charge in [0.05, 0.1) is 5.02 Å². The second-order valence-electron chi connectivity index (χ2n) is 3.64. The van der Waals surface area contributed by atoms with Crippen molar-refractivity contribution in [3.63, 3.8) is 0 Å². The molecular formula is C11H6BrCl2FN2O2S. The number of nitrogens with zero attached hydrogens (tertiary/aromatic N) is 1. The first-order valence-corrected chi connectivity index (χ1v) is 8.12. The molecular weight excluding hydrogens is 394 g/mol. The zero-order valence-electron chi connectivity index (χ0n) is 9.57. The molecule has 1 aromatic heterocycles. The number of halogens is 4. The molecule has 0 fully saturated rings. The van der Waals surface area contributed by atoms with Gasteiger partial charge in [0.1, 0.15) is 21.6 Å². The summed E-state index contributed by atoms with van der Waals surface area (Å²) in [4.78, 5) is 3.42. The van der Waals surface area contributed by atoms with Gasteiger partial charge in [-0.25, -0.2) is 17.8 Å². The van der Waals surface area contributed by atoms with Gasteiger partial charge in [0.2, 0.25) is 0 Å². The Morgan fingerprint density at radius 3 is 2.65 bits per heavy atom. The van der Waals surface area contributed by atoms with E-state index in [1.807, 2.05) is 0 Å². The summed E-state index contributed by atoms with van der Waals surface area (Å²) < 4.78 is 40.5. The van der Waals surface area contributed by atoms with E-state index in [-0.39, 0.29) is 20.8 Å². The van der Waals surface area contributed by atoms with Crippen LogP contribution < -0.4 is 4.72 Å². The Kier molecular flexibility index (Phi) is 4.53. The minimum atomic E-state index is -4.11. The molecule has 0 unspecified atom stereocenters. The van der Waals surface area contributed by atoms with Crippen molar-refractivity contribution in [1.29, 1.82) is 0 Å². The Labute approximate surface area is 133 Å². The zero-order chi connectivity index (χ0) is 14.9. The van der Waals surface area contributed by atoms with E-state index in [1.54, 1.807) is 0 Å². The van der Waals surface area contributed by atoms with E-state index < -0.39 is 15.8 Å². The zero-order valence-corrected chi connectivity index (χ0v) is 13.5. The molecule has 1 N–H and O–H groups in total. The predicted octanol–water partition coefficient (Wildman–Crippen LogP) is 4.09. The Bertz CT molecular complexity index is 751. The van der Waals surface area contributed by atoms with Crippen LogP contribution in [0.1, 0.15) is 0 Å². The molecule has 0 atom stereocenters. The summed E-state index contributed by atoms with van der Waals surface area (Å²) in [6.07, 6.45) is 1.34. The highest BCUT2D eigenvalue weighted by Gasteiger charge is 2.22. The smallest absolute Gasteiger partial charge is 0.265 e. The number of anilines is 1. The topological polar surface area (TPSA) is 59.1 Å². The van der Waals surface area contributed by atoms with Crippen LogP contribution in [0, 0.1) is 5.82 Å². The number of rotatable bonds is 3. The standard InChI is InChI=1S/C11H6BrCl2FN2O2S/c12-6-4-9(11(14)16-5-6)20(18,19)17-10-7(13)2-1-3-8(10)15/h1-5,17H. The van der Waals surface area contributed by atoms with Crippen LogP contribution in [-0.2, 0) is 10.0 Å². The highest BCUT2D eigenvalue weighted by molar-refractivity contribution is 9.10.